The molecule has 1 fully saturated rings. The number of anilines is 1. The molecule has 0 aromatic heterocycles. The van der Waals surface area contributed by atoms with Crippen molar-refractivity contribution in [1.82, 2.24) is 15.1 Å². The Labute approximate surface area is 148 Å². The molecule has 0 saturated carbocycles. The van der Waals surface area contributed by atoms with Gasteiger partial charge in [-0.1, -0.05) is 6.07 Å². The fourth-order valence-electron chi connectivity index (χ4n) is 2.95. The average molecular weight is 343 g/mol. The molecular weight excluding hydrogens is 318 g/mol. The lowest BCUT2D eigenvalue weighted by Gasteiger charge is -2.36. The van der Waals surface area contributed by atoms with Crippen molar-refractivity contribution in [3.8, 4) is 0 Å². The highest BCUT2D eigenvalue weighted by Gasteiger charge is 2.30. The van der Waals surface area contributed by atoms with Crippen LogP contribution in [0.1, 0.15) is 17.5 Å². The molecule has 3 rings (SSSR count). The summed E-state index contributed by atoms with van der Waals surface area (Å²) in [5.74, 6) is 0.110. The number of nitrogens with zero attached hydrogens (tertiary/aromatic N) is 3. The van der Waals surface area contributed by atoms with Gasteiger partial charge in [-0.25, -0.2) is 4.99 Å². The summed E-state index contributed by atoms with van der Waals surface area (Å²) in [6, 6.07) is 5.08. The van der Waals surface area contributed by atoms with Crippen molar-refractivity contribution in [3.63, 3.8) is 0 Å². The van der Waals surface area contributed by atoms with Gasteiger partial charge in [-0.3, -0.25) is 14.9 Å². The first kappa shape index (κ1) is 17.4. The van der Waals surface area contributed by atoms with Gasteiger partial charge in [-0.2, -0.15) is 0 Å². The third-order valence-electron chi connectivity index (χ3n) is 4.79. The standard InChI is InChI=1S/C18H25N5O2/c1-12-4-5-14(10-13(12)2)19-17(25)15-11-16(24)21-18(20-15)23-8-6-22(3)7-9-23/h4-5,10,15H,6-9,11H2,1-3H3,(H,19,25)(H,20,21,24)/t15-/m0/s1. The Hall–Kier alpha value is -2.41. The van der Waals surface area contributed by atoms with E-state index in [9.17, 15) is 9.59 Å². The molecule has 0 aliphatic carbocycles. The molecule has 7 heteroatoms. The van der Waals surface area contributed by atoms with Crippen molar-refractivity contribution in [2.24, 2.45) is 4.99 Å². The largest absolute Gasteiger partial charge is 0.340 e. The summed E-state index contributed by atoms with van der Waals surface area (Å²) >= 11 is 0. The molecule has 0 bridgehead atoms. The molecule has 2 heterocycles. The lowest BCUT2D eigenvalue weighted by atomic mass is 10.1. The number of rotatable bonds is 2. The number of guanidine groups is 1. The molecule has 0 spiro atoms. The van der Waals surface area contributed by atoms with Gasteiger partial charge in [-0.15, -0.1) is 0 Å². The van der Waals surface area contributed by atoms with Gasteiger partial charge in [-0.05, 0) is 44.2 Å². The average Bonchev–Trinajstić information content (AvgIpc) is 2.58. The van der Waals surface area contributed by atoms with Crippen molar-refractivity contribution < 1.29 is 9.59 Å². The summed E-state index contributed by atoms with van der Waals surface area (Å²) in [7, 11) is 2.07. The van der Waals surface area contributed by atoms with Gasteiger partial charge in [0, 0.05) is 31.9 Å². The zero-order valence-electron chi connectivity index (χ0n) is 15.0. The first-order valence-corrected chi connectivity index (χ1v) is 8.61. The highest BCUT2D eigenvalue weighted by molar-refractivity contribution is 6.06. The quantitative estimate of drug-likeness (QED) is 0.830. The fraction of sp³-hybridized carbons (Fsp3) is 0.500. The molecular formula is C18H25N5O2. The second-order valence-electron chi connectivity index (χ2n) is 6.80. The molecule has 1 atom stereocenters. The number of amides is 2. The van der Waals surface area contributed by atoms with Crippen LogP contribution in [0, 0.1) is 13.8 Å². The van der Waals surface area contributed by atoms with E-state index >= 15 is 0 Å². The van der Waals surface area contributed by atoms with Crippen molar-refractivity contribution in [2.75, 3.05) is 38.5 Å². The lowest BCUT2D eigenvalue weighted by Crippen LogP contribution is -2.55. The van der Waals surface area contributed by atoms with E-state index < -0.39 is 6.04 Å². The minimum Gasteiger partial charge on any atom is -0.340 e. The maximum atomic E-state index is 12.6. The van der Waals surface area contributed by atoms with Gasteiger partial charge in [0.2, 0.25) is 17.8 Å². The molecule has 1 aromatic rings. The molecule has 134 valence electrons. The number of hydrogen-bond donors (Lipinski definition) is 2. The zero-order chi connectivity index (χ0) is 18.0. The van der Waals surface area contributed by atoms with E-state index in [0.717, 1.165) is 37.4 Å². The number of likely N-dealkylation sites (N-methyl/N-ethyl adjacent to an activating group) is 1. The van der Waals surface area contributed by atoms with Gasteiger partial charge < -0.3 is 15.1 Å². The molecule has 2 aliphatic rings. The monoisotopic (exact) mass is 343 g/mol. The predicted molar refractivity (Wildman–Crippen MR) is 97.6 cm³/mol. The fourth-order valence-corrected chi connectivity index (χ4v) is 2.95. The number of aliphatic imine (C=N–C) groups is 1. The SMILES string of the molecule is Cc1ccc(NC(=O)[C@@H]2CC(=O)NC(N3CCN(C)CC3)=N2)cc1C. The Morgan fingerprint density at radius 1 is 1.20 bits per heavy atom. The Balaban J connectivity index is 1.71. The topological polar surface area (TPSA) is 77.0 Å². The maximum Gasteiger partial charge on any atom is 0.249 e. The number of carbonyl (C=O) groups is 2. The van der Waals surface area contributed by atoms with E-state index in [1.165, 1.54) is 5.56 Å². The summed E-state index contributed by atoms with van der Waals surface area (Å²) in [6.45, 7) is 7.44. The van der Waals surface area contributed by atoms with E-state index in [0.29, 0.717) is 5.96 Å². The molecule has 0 radical (unpaired) electrons. The smallest absolute Gasteiger partial charge is 0.249 e. The summed E-state index contributed by atoms with van der Waals surface area (Å²) in [6.07, 6.45) is 0.0773. The third kappa shape index (κ3) is 4.17. The van der Waals surface area contributed by atoms with Crippen molar-refractivity contribution in [1.29, 1.82) is 0 Å². The van der Waals surface area contributed by atoms with Crippen LogP contribution in [0.25, 0.3) is 0 Å². The summed E-state index contributed by atoms with van der Waals surface area (Å²) in [4.78, 5) is 33.4. The number of piperazine rings is 1. The van der Waals surface area contributed by atoms with Gasteiger partial charge >= 0.3 is 0 Å². The first-order chi connectivity index (χ1) is 11.9. The van der Waals surface area contributed by atoms with Crippen molar-refractivity contribution in [3.05, 3.63) is 29.3 Å². The van der Waals surface area contributed by atoms with Crippen LogP contribution in [0.5, 0.6) is 0 Å². The van der Waals surface area contributed by atoms with Crippen LogP contribution in [0.3, 0.4) is 0 Å². The first-order valence-electron chi connectivity index (χ1n) is 8.61. The van der Waals surface area contributed by atoms with Crippen molar-refractivity contribution in [2.45, 2.75) is 26.3 Å². The van der Waals surface area contributed by atoms with E-state index in [1.54, 1.807) is 0 Å². The van der Waals surface area contributed by atoms with Crippen LogP contribution >= 0.6 is 0 Å². The Morgan fingerprint density at radius 3 is 2.60 bits per heavy atom. The van der Waals surface area contributed by atoms with Crippen molar-refractivity contribution >= 4 is 23.5 Å². The summed E-state index contributed by atoms with van der Waals surface area (Å²) in [5.41, 5.74) is 3.02. The molecule has 1 saturated heterocycles. The number of nitrogens with one attached hydrogen (secondary N) is 2. The highest BCUT2D eigenvalue weighted by Crippen LogP contribution is 2.16. The van der Waals surface area contributed by atoms with E-state index in [2.05, 4.69) is 27.6 Å². The van der Waals surface area contributed by atoms with Crippen LogP contribution in [-0.4, -0.2) is 66.8 Å². The van der Waals surface area contributed by atoms with Crippen LogP contribution in [0.2, 0.25) is 0 Å². The molecule has 2 aliphatic heterocycles. The summed E-state index contributed by atoms with van der Waals surface area (Å²) in [5, 5.41) is 5.68. The molecule has 0 unspecified atom stereocenters. The van der Waals surface area contributed by atoms with Gasteiger partial charge in [0.05, 0.1) is 6.42 Å². The Bertz CT molecular complexity index is 707. The molecule has 7 nitrogen and oxygen atoms in total. The van der Waals surface area contributed by atoms with E-state index in [1.807, 2.05) is 36.9 Å². The Kier molecular flexibility index (Phi) is 5.03. The number of carbonyl (C=O) groups excluding carboxylic acids is 2. The second-order valence-corrected chi connectivity index (χ2v) is 6.80. The minimum absolute atomic E-state index is 0.0773. The molecule has 2 amide bonds. The maximum absolute atomic E-state index is 12.6. The van der Waals surface area contributed by atoms with E-state index in [-0.39, 0.29) is 18.2 Å². The third-order valence-corrected chi connectivity index (χ3v) is 4.79. The van der Waals surface area contributed by atoms with Gasteiger partial charge in [0.1, 0.15) is 6.04 Å². The van der Waals surface area contributed by atoms with Crippen LogP contribution in [0.4, 0.5) is 5.69 Å². The van der Waals surface area contributed by atoms with E-state index in [4.69, 9.17) is 0 Å². The Morgan fingerprint density at radius 2 is 1.92 bits per heavy atom. The van der Waals surface area contributed by atoms with Crippen LogP contribution in [0.15, 0.2) is 23.2 Å². The summed E-state index contributed by atoms with van der Waals surface area (Å²) < 4.78 is 0. The molecule has 25 heavy (non-hydrogen) atoms. The number of hydrogen-bond acceptors (Lipinski definition) is 5. The normalized spacial score (nSPS) is 21.6. The van der Waals surface area contributed by atoms with Crippen LogP contribution < -0.4 is 10.6 Å². The molecule has 1 aromatic carbocycles. The highest BCUT2D eigenvalue weighted by atomic mass is 16.2. The van der Waals surface area contributed by atoms with Crippen LogP contribution in [-0.2, 0) is 9.59 Å². The minimum atomic E-state index is -0.690. The number of benzene rings is 1. The molecule has 2 N–H and O–H groups in total. The second kappa shape index (κ2) is 7.23. The lowest BCUT2D eigenvalue weighted by molar-refractivity contribution is -0.125. The number of aryl methyl sites for hydroxylation is 2. The predicted octanol–water partition coefficient (Wildman–Crippen LogP) is 0.734. The van der Waals surface area contributed by atoms with Gasteiger partial charge in [0.25, 0.3) is 0 Å². The zero-order valence-corrected chi connectivity index (χ0v) is 15.0. The van der Waals surface area contributed by atoms with Gasteiger partial charge in [0.15, 0.2) is 0 Å².